The van der Waals surface area contributed by atoms with Crippen LogP contribution in [0.3, 0.4) is 0 Å². The molecule has 120 valence electrons. The molecular weight excluding hydrogens is 266 g/mol. The Morgan fingerprint density at radius 2 is 1.67 bits per heavy atom. The minimum Gasteiger partial charge on any atom is -0.369 e. The minimum atomic E-state index is -0.201. The van der Waals surface area contributed by atoms with Crippen LogP contribution in [0.25, 0.3) is 0 Å². The molecule has 5 nitrogen and oxygen atoms in total. The van der Waals surface area contributed by atoms with Crippen LogP contribution in [-0.2, 0) is 9.59 Å². The first-order valence-electron chi connectivity index (χ1n) is 8.30. The molecule has 2 N–H and O–H groups in total. The molecule has 1 aliphatic carbocycles. The maximum Gasteiger partial charge on any atom is 0.239 e. The van der Waals surface area contributed by atoms with E-state index in [1.54, 1.807) is 0 Å². The number of hydrogen-bond acceptors (Lipinski definition) is 3. The number of rotatable bonds is 4. The summed E-state index contributed by atoms with van der Waals surface area (Å²) in [6, 6.07) is 0.322. The lowest BCUT2D eigenvalue weighted by Crippen LogP contribution is -2.52. The summed E-state index contributed by atoms with van der Waals surface area (Å²) in [6.07, 6.45) is 7.60. The fourth-order valence-electron chi connectivity index (χ4n) is 3.67. The summed E-state index contributed by atoms with van der Waals surface area (Å²) in [7, 11) is 1.95. The zero-order chi connectivity index (χ0) is 15.4. The summed E-state index contributed by atoms with van der Waals surface area (Å²) in [5.74, 6) is 0.00649. The molecule has 1 saturated heterocycles. The number of carbonyl (C=O) groups is 2. The van der Waals surface area contributed by atoms with Crippen LogP contribution in [0.2, 0.25) is 0 Å². The quantitative estimate of drug-likeness (QED) is 0.851. The third-order valence-corrected chi connectivity index (χ3v) is 5.31. The van der Waals surface area contributed by atoms with Crippen molar-refractivity contribution in [3.8, 4) is 0 Å². The highest BCUT2D eigenvalue weighted by Crippen LogP contribution is 2.24. The van der Waals surface area contributed by atoms with Crippen LogP contribution in [0.4, 0.5) is 0 Å². The fourth-order valence-corrected chi connectivity index (χ4v) is 3.67. The van der Waals surface area contributed by atoms with E-state index in [2.05, 4.69) is 4.90 Å². The molecule has 0 aromatic carbocycles. The lowest BCUT2D eigenvalue weighted by atomic mass is 9.93. The number of hydrogen-bond donors (Lipinski definition) is 1. The van der Waals surface area contributed by atoms with Gasteiger partial charge in [0.25, 0.3) is 0 Å². The molecular formula is C16H29N3O2. The van der Waals surface area contributed by atoms with Crippen molar-refractivity contribution in [2.75, 3.05) is 20.1 Å². The number of piperidine rings is 1. The molecule has 0 spiro atoms. The highest BCUT2D eigenvalue weighted by molar-refractivity contribution is 5.81. The van der Waals surface area contributed by atoms with Gasteiger partial charge in [0.15, 0.2) is 0 Å². The summed E-state index contributed by atoms with van der Waals surface area (Å²) in [5, 5.41) is 0. The van der Waals surface area contributed by atoms with Gasteiger partial charge in [-0.3, -0.25) is 14.5 Å². The highest BCUT2D eigenvalue weighted by Gasteiger charge is 2.32. The molecule has 0 aromatic heterocycles. The summed E-state index contributed by atoms with van der Waals surface area (Å²) in [5.41, 5.74) is 5.36. The van der Waals surface area contributed by atoms with Gasteiger partial charge in [0.1, 0.15) is 0 Å². The van der Waals surface area contributed by atoms with E-state index < -0.39 is 0 Å². The van der Waals surface area contributed by atoms with E-state index in [-0.39, 0.29) is 23.8 Å². The van der Waals surface area contributed by atoms with Crippen molar-refractivity contribution < 1.29 is 9.59 Å². The third-order valence-electron chi connectivity index (χ3n) is 5.31. The number of nitrogens with zero attached hydrogens (tertiary/aromatic N) is 2. The number of primary amides is 1. The molecule has 2 rings (SSSR count). The average Bonchev–Trinajstić information content (AvgIpc) is 2.53. The van der Waals surface area contributed by atoms with Crippen molar-refractivity contribution in [1.82, 2.24) is 9.80 Å². The van der Waals surface area contributed by atoms with E-state index in [1.165, 1.54) is 19.3 Å². The molecule has 1 heterocycles. The van der Waals surface area contributed by atoms with Crippen molar-refractivity contribution in [1.29, 1.82) is 0 Å². The largest absolute Gasteiger partial charge is 0.369 e. The van der Waals surface area contributed by atoms with Gasteiger partial charge in [-0.15, -0.1) is 0 Å². The van der Waals surface area contributed by atoms with Crippen molar-refractivity contribution in [2.24, 2.45) is 11.7 Å². The van der Waals surface area contributed by atoms with Crippen LogP contribution in [0.1, 0.15) is 51.9 Å². The predicted molar refractivity (Wildman–Crippen MR) is 82.6 cm³/mol. The molecule has 1 saturated carbocycles. The SMILES string of the molecule is C[C@@H](C(=O)N(C)C1CCCCC1)N1CCC(C(N)=O)CC1. The van der Waals surface area contributed by atoms with Gasteiger partial charge in [-0.2, -0.15) is 0 Å². The Balaban J connectivity index is 1.86. The zero-order valence-corrected chi connectivity index (χ0v) is 13.4. The lowest BCUT2D eigenvalue weighted by Gasteiger charge is -2.38. The molecule has 1 aliphatic heterocycles. The average molecular weight is 295 g/mol. The second-order valence-electron chi connectivity index (χ2n) is 6.63. The summed E-state index contributed by atoms with van der Waals surface area (Å²) < 4.78 is 0. The first-order valence-corrected chi connectivity index (χ1v) is 8.30. The van der Waals surface area contributed by atoms with E-state index in [1.807, 2.05) is 18.9 Å². The molecule has 1 atom stereocenters. The Morgan fingerprint density at radius 1 is 1.10 bits per heavy atom. The lowest BCUT2D eigenvalue weighted by molar-refractivity contribution is -0.138. The number of likely N-dealkylation sites (N-methyl/N-ethyl adjacent to an activating group) is 1. The van der Waals surface area contributed by atoms with Gasteiger partial charge in [-0.1, -0.05) is 19.3 Å². The van der Waals surface area contributed by atoms with Crippen LogP contribution in [0.15, 0.2) is 0 Å². The molecule has 5 heteroatoms. The molecule has 21 heavy (non-hydrogen) atoms. The maximum atomic E-state index is 12.6. The van der Waals surface area contributed by atoms with E-state index in [9.17, 15) is 9.59 Å². The van der Waals surface area contributed by atoms with Gasteiger partial charge in [0.2, 0.25) is 11.8 Å². The van der Waals surface area contributed by atoms with Crippen molar-refractivity contribution in [2.45, 2.75) is 64.0 Å². The summed E-state index contributed by atoms with van der Waals surface area (Å²) >= 11 is 0. The van der Waals surface area contributed by atoms with Gasteiger partial charge in [-0.25, -0.2) is 0 Å². The molecule has 0 radical (unpaired) electrons. The normalized spacial score (nSPS) is 23.7. The molecule has 2 aliphatic rings. The molecule has 0 unspecified atom stereocenters. The molecule has 0 aromatic rings. The van der Waals surface area contributed by atoms with Gasteiger partial charge < -0.3 is 10.6 Å². The van der Waals surface area contributed by atoms with Gasteiger partial charge in [0.05, 0.1) is 6.04 Å². The number of carbonyl (C=O) groups excluding carboxylic acids is 2. The number of amides is 2. The molecule has 0 bridgehead atoms. The smallest absolute Gasteiger partial charge is 0.239 e. The van der Waals surface area contributed by atoms with Gasteiger partial charge in [-0.05, 0) is 45.7 Å². The van der Waals surface area contributed by atoms with Crippen LogP contribution in [-0.4, -0.2) is 53.8 Å². The van der Waals surface area contributed by atoms with Crippen molar-refractivity contribution >= 4 is 11.8 Å². The highest BCUT2D eigenvalue weighted by atomic mass is 16.2. The van der Waals surface area contributed by atoms with E-state index >= 15 is 0 Å². The second-order valence-corrected chi connectivity index (χ2v) is 6.63. The van der Waals surface area contributed by atoms with E-state index in [0.29, 0.717) is 6.04 Å². The second kappa shape index (κ2) is 7.25. The Bertz CT molecular complexity index is 372. The Kier molecular flexibility index (Phi) is 5.62. The summed E-state index contributed by atoms with van der Waals surface area (Å²) in [6.45, 7) is 3.57. The van der Waals surface area contributed by atoms with Crippen LogP contribution < -0.4 is 5.73 Å². The van der Waals surface area contributed by atoms with Crippen LogP contribution >= 0.6 is 0 Å². The Labute approximate surface area is 127 Å². The topological polar surface area (TPSA) is 66.6 Å². The van der Waals surface area contributed by atoms with Gasteiger partial charge >= 0.3 is 0 Å². The van der Waals surface area contributed by atoms with Crippen molar-refractivity contribution in [3.63, 3.8) is 0 Å². The molecule has 2 amide bonds. The Morgan fingerprint density at radius 3 is 2.19 bits per heavy atom. The van der Waals surface area contributed by atoms with E-state index in [0.717, 1.165) is 38.8 Å². The fraction of sp³-hybridized carbons (Fsp3) is 0.875. The van der Waals surface area contributed by atoms with Crippen LogP contribution in [0.5, 0.6) is 0 Å². The predicted octanol–water partition coefficient (Wildman–Crippen LogP) is 1.36. The van der Waals surface area contributed by atoms with Crippen LogP contribution in [0, 0.1) is 5.92 Å². The standard InChI is InChI=1S/C16H29N3O2/c1-12(19-10-8-13(9-11-19)15(17)20)16(21)18(2)14-6-4-3-5-7-14/h12-14H,3-11H2,1-2H3,(H2,17,20)/t12-/m0/s1. The van der Waals surface area contributed by atoms with Crippen molar-refractivity contribution in [3.05, 3.63) is 0 Å². The first kappa shape index (κ1) is 16.3. The number of nitrogens with two attached hydrogens (primary N) is 1. The van der Waals surface area contributed by atoms with E-state index in [4.69, 9.17) is 5.73 Å². The monoisotopic (exact) mass is 295 g/mol. The first-order chi connectivity index (χ1) is 10.0. The Hall–Kier alpha value is -1.10. The minimum absolute atomic E-state index is 0.0142. The maximum absolute atomic E-state index is 12.6. The third kappa shape index (κ3) is 3.96. The zero-order valence-electron chi connectivity index (χ0n) is 13.4. The molecule has 2 fully saturated rings. The summed E-state index contributed by atoms with van der Waals surface area (Å²) in [4.78, 5) is 28.0. The number of likely N-dealkylation sites (tertiary alicyclic amines) is 1. The van der Waals surface area contributed by atoms with Gasteiger partial charge in [0, 0.05) is 19.0 Å².